The summed E-state index contributed by atoms with van der Waals surface area (Å²) < 4.78 is 27.9. The van der Waals surface area contributed by atoms with Gasteiger partial charge in [0, 0.05) is 0 Å². The molecular formula is C12H12BFO6. The van der Waals surface area contributed by atoms with Crippen LogP contribution < -0.4 is 5.46 Å². The summed E-state index contributed by atoms with van der Waals surface area (Å²) >= 11 is 0. The third-order valence-corrected chi connectivity index (χ3v) is 2.93. The molecule has 6 nitrogen and oxygen atoms in total. The van der Waals surface area contributed by atoms with Crippen molar-refractivity contribution in [2.24, 2.45) is 0 Å². The van der Waals surface area contributed by atoms with Gasteiger partial charge in [-0.25, -0.2) is 14.0 Å². The van der Waals surface area contributed by atoms with E-state index in [0.717, 1.165) is 19.2 Å². The first kappa shape index (κ1) is 14.5. The Morgan fingerprint density at radius 2 is 2.20 bits per heavy atom. The number of fused-ring (bicyclic) bond motifs is 1. The predicted molar refractivity (Wildman–Crippen MR) is 65.7 cm³/mol. The van der Waals surface area contributed by atoms with Crippen molar-refractivity contribution in [2.75, 3.05) is 7.11 Å². The molecule has 1 aliphatic heterocycles. The summed E-state index contributed by atoms with van der Waals surface area (Å²) in [6.07, 6.45) is -1.15. The average Bonchev–Trinajstić information content (AvgIpc) is 2.77. The second-order valence-electron chi connectivity index (χ2n) is 4.26. The fraction of sp³-hybridized carbons (Fsp3) is 0.333. The lowest BCUT2D eigenvalue weighted by Crippen LogP contribution is -2.30. The number of ether oxygens (including phenoxy) is 2. The minimum Gasteiger partial charge on any atom is -0.466 e. The SMILES string of the molecule is COC(=O)C(C)OC(=O)c1cc2c(cc1F)COB2O. The molecule has 0 saturated heterocycles. The van der Waals surface area contributed by atoms with Gasteiger partial charge in [0.15, 0.2) is 6.10 Å². The highest BCUT2D eigenvalue weighted by molar-refractivity contribution is 6.61. The lowest BCUT2D eigenvalue weighted by atomic mass is 9.78. The van der Waals surface area contributed by atoms with Crippen LogP contribution in [0.5, 0.6) is 0 Å². The molecule has 1 aromatic carbocycles. The van der Waals surface area contributed by atoms with Crippen molar-refractivity contribution in [1.29, 1.82) is 0 Å². The van der Waals surface area contributed by atoms with E-state index in [4.69, 9.17) is 9.39 Å². The van der Waals surface area contributed by atoms with Gasteiger partial charge in [0.05, 0.1) is 19.3 Å². The van der Waals surface area contributed by atoms with Crippen molar-refractivity contribution in [1.82, 2.24) is 0 Å². The van der Waals surface area contributed by atoms with Gasteiger partial charge in [-0.1, -0.05) is 0 Å². The Morgan fingerprint density at radius 3 is 2.85 bits per heavy atom. The number of rotatable bonds is 3. The summed E-state index contributed by atoms with van der Waals surface area (Å²) in [5, 5.41) is 9.52. The maximum atomic E-state index is 13.8. The zero-order chi connectivity index (χ0) is 14.9. The maximum Gasteiger partial charge on any atom is 0.491 e. The number of hydrogen-bond acceptors (Lipinski definition) is 6. The van der Waals surface area contributed by atoms with Gasteiger partial charge in [-0.05, 0) is 30.1 Å². The van der Waals surface area contributed by atoms with Crippen molar-refractivity contribution in [3.05, 3.63) is 29.1 Å². The van der Waals surface area contributed by atoms with E-state index in [1.165, 1.54) is 6.92 Å². The summed E-state index contributed by atoms with van der Waals surface area (Å²) in [4.78, 5) is 23.0. The molecular weight excluding hydrogens is 270 g/mol. The first-order valence-electron chi connectivity index (χ1n) is 5.84. The highest BCUT2D eigenvalue weighted by Gasteiger charge is 2.31. The molecule has 0 amide bonds. The molecule has 0 radical (unpaired) electrons. The molecule has 0 aliphatic carbocycles. The zero-order valence-corrected chi connectivity index (χ0v) is 10.9. The van der Waals surface area contributed by atoms with Crippen LogP contribution in [0.15, 0.2) is 12.1 Å². The van der Waals surface area contributed by atoms with Crippen LogP contribution in [0.3, 0.4) is 0 Å². The number of benzene rings is 1. The Balaban J connectivity index is 2.23. The molecule has 1 aliphatic rings. The summed E-state index contributed by atoms with van der Waals surface area (Å²) in [7, 11) is -0.0498. The summed E-state index contributed by atoms with van der Waals surface area (Å²) in [6, 6.07) is 2.26. The van der Waals surface area contributed by atoms with Crippen LogP contribution in [0.4, 0.5) is 4.39 Å². The highest BCUT2D eigenvalue weighted by Crippen LogP contribution is 2.16. The first-order chi connectivity index (χ1) is 9.43. The molecule has 1 heterocycles. The van der Waals surface area contributed by atoms with Gasteiger partial charge >= 0.3 is 19.1 Å². The normalized spacial score (nSPS) is 14.7. The van der Waals surface area contributed by atoms with Crippen LogP contribution in [0.2, 0.25) is 0 Å². The molecule has 2 rings (SSSR count). The maximum absolute atomic E-state index is 13.8. The van der Waals surface area contributed by atoms with Gasteiger partial charge in [0.25, 0.3) is 0 Å². The molecule has 0 fully saturated rings. The number of methoxy groups -OCH3 is 1. The van der Waals surface area contributed by atoms with Gasteiger partial charge in [0.2, 0.25) is 0 Å². The fourth-order valence-corrected chi connectivity index (χ4v) is 1.84. The second kappa shape index (κ2) is 5.60. The number of hydrogen-bond donors (Lipinski definition) is 1. The van der Waals surface area contributed by atoms with Crippen molar-refractivity contribution in [3.8, 4) is 0 Å². The van der Waals surface area contributed by atoms with Crippen molar-refractivity contribution in [3.63, 3.8) is 0 Å². The predicted octanol–water partition coefficient (Wildman–Crippen LogP) is -0.238. The largest absolute Gasteiger partial charge is 0.491 e. The molecule has 106 valence electrons. The van der Waals surface area contributed by atoms with Crippen molar-refractivity contribution >= 4 is 24.5 Å². The quantitative estimate of drug-likeness (QED) is 0.608. The lowest BCUT2D eigenvalue weighted by molar-refractivity contribution is -0.149. The lowest BCUT2D eigenvalue weighted by Gasteiger charge is -2.12. The van der Waals surface area contributed by atoms with Crippen molar-refractivity contribution in [2.45, 2.75) is 19.6 Å². The molecule has 0 saturated carbocycles. The van der Waals surface area contributed by atoms with Gasteiger partial charge < -0.3 is 19.2 Å². The number of carbonyl (C=O) groups is 2. The Bertz CT molecular complexity index is 561. The Morgan fingerprint density at radius 1 is 1.50 bits per heavy atom. The van der Waals surface area contributed by atoms with Crippen LogP contribution >= 0.6 is 0 Å². The Hall–Kier alpha value is -1.93. The van der Waals surface area contributed by atoms with Gasteiger partial charge in [-0.3, -0.25) is 0 Å². The molecule has 1 N–H and O–H groups in total. The van der Waals surface area contributed by atoms with Gasteiger partial charge in [0.1, 0.15) is 5.82 Å². The van der Waals surface area contributed by atoms with Crippen LogP contribution in [0.1, 0.15) is 22.8 Å². The van der Waals surface area contributed by atoms with E-state index >= 15 is 0 Å². The summed E-state index contributed by atoms with van der Waals surface area (Å²) in [6.45, 7) is 1.38. The van der Waals surface area contributed by atoms with Crippen LogP contribution in [-0.2, 0) is 25.5 Å². The molecule has 0 aromatic heterocycles. The zero-order valence-electron chi connectivity index (χ0n) is 10.9. The van der Waals surface area contributed by atoms with E-state index < -0.39 is 31.0 Å². The van der Waals surface area contributed by atoms with E-state index in [-0.39, 0.29) is 12.2 Å². The topological polar surface area (TPSA) is 82.1 Å². The third-order valence-electron chi connectivity index (χ3n) is 2.93. The average molecular weight is 282 g/mol. The van der Waals surface area contributed by atoms with E-state index in [1.807, 2.05) is 0 Å². The smallest absolute Gasteiger partial charge is 0.466 e. The van der Waals surface area contributed by atoms with Crippen LogP contribution in [-0.4, -0.2) is 37.3 Å². The number of carbonyl (C=O) groups excluding carboxylic acids is 2. The molecule has 20 heavy (non-hydrogen) atoms. The van der Waals surface area contributed by atoms with E-state index in [0.29, 0.717) is 11.0 Å². The standard InChI is InChI=1S/C12H12BFO6/c1-6(11(15)18-2)20-12(16)8-4-9-7(3-10(8)14)5-19-13(9)17/h3-4,6,17H,5H2,1-2H3. The Kier molecular flexibility index (Phi) is 4.05. The third kappa shape index (κ3) is 2.66. The number of halogens is 1. The minimum atomic E-state index is -1.20. The minimum absolute atomic E-state index is 0.0707. The molecule has 8 heteroatoms. The van der Waals surface area contributed by atoms with Gasteiger partial charge in [-0.2, -0.15) is 0 Å². The Labute approximate surface area is 114 Å². The van der Waals surface area contributed by atoms with E-state index in [2.05, 4.69) is 4.74 Å². The first-order valence-corrected chi connectivity index (χ1v) is 5.84. The van der Waals surface area contributed by atoms with Crippen LogP contribution in [0, 0.1) is 5.82 Å². The summed E-state index contributed by atoms with van der Waals surface area (Å²) in [5.74, 6) is -2.56. The monoisotopic (exact) mass is 282 g/mol. The van der Waals surface area contributed by atoms with E-state index in [1.54, 1.807) is 0 Å². The number of esters is 2. The molecule has 1 aromatic rings. The second-order valence-corrected chi connectivity index (χ2v) is 4.26. The van der Waals surface area contributed by atoms with Crippen molar-refractivity contribution < 1.29 is 33.1 Å². The highest BCUT2D eigenvalue weighted by atomic mass is 19.1. The molecule has 1 atom stereocenters. The molecule has 0 bridgehead atoms. The summed E-state index contributed by atoms with van der Waals surface area (Å²) in [5.41, 5.74) is 0.403. The van der Waals surface area contributed by atoms with E-state index in [9.17, 15) is 19.0 Å². The fourth-order valence-electron chi connectivity index (χ4n) is 1.84. The molecule has 1 unspecified atom stereocenters. The van der Waals surface area contributed by atoms with Gasteiger partial charge in [-0.15, -0.1) is 0 Å². The van der Waals surface area contributed by atoms with Crippen LogP contribution in [0.25, 0.3) is 0 Å². The molecule has 0 spiro atoms.